The average molecular weight is 317 g/mol. The van der Waals surface area contributed by atoms with Crippen LogP contribution in [0.5, 0.6) is 11.5 Å². The fourth-order valence-corrected chi connectivity index (χ4v) is 2.84. The quantitative estimate of drug-likeness (QED) is 0.927. The van der Waals surface area contributed by atoms with E-state index in [-0.39, 0.29) is 5.82 Å². The lowest BCUT2D eigenvalue weighted by Gasteiger charge is -2.21. The Kier molecular flexibility index (Phi) is 5.99. The van der Waals surface area contributed by atoms with E-state index in [9.17, 15) is 4.39 Å². The van der Waals surface area contributed by atoms with Gasteiger partial charge < -0.3 is 15.2 Å². The maximum absolute atomic E-state index is 13.9. The van der Waals surface area contributed by atoms with Crippen molar-refractivity contribution < 1.29 is 13.9 Å². The first-order valence-electron chi connectivity index (χ1n) is 7.96. The number of aryl methyl sites for hydroxylation is 2. The molecule has 2 aromatic carbocycles. The molecule has 124 valence electrons. The lowest BCUT2D eigenvalue weighted by molar-refractivity contribution is 0.289. The molecule has 2 aromatic rings. The van der Waals surface area contributed by atoms with Crippen LogP contribution >= 0.6 is 0 Å². The van der Waals surface area contributed by atoms with Crippen molar-refractivity contribution >= 4 is 0 Å². The van der Waals surface area contributed by atoms with E-state index in [0.717, 1.165) is 46.6 Å². The van der Waals surface area contributed by atoms with E-state index in [1.54, 1.807) is 12.1 Å². The smallest absolute Gasteiger partial charge is 0.130 e. The fourth-order valence-electron chi connectivity index (χ4n) is 2.84. The van der Waals surface area contributed by atoms with Gasteiger partial charge in [0.1, 0.15) is 17.3 Å². The molecule has 0 saturated carbocycles. The minimum atomic E-state index is -0.206. The summed E-state index contributed by atoms with van der Waals surface area (Å²) in [4.78, 5) is 0. The maximum Gasteiger partial charge on any atom is 0.130 e. The van der Waals surface area contributed by atoms with E-state index in [0.29, 0.717) is 13.2 Å². The first-order chi connectivity index (χ1) is 11.2. The van der Waals surface area contributed by atoms with Gasteiger partial charge in [-0.1, -0.05) is 6.07 Å². The van der Waals surface area contributed by atoms with E-state index in [1.807, 2.05) is 32.0 Å². The number of rotatable bonds is 3. The predicted octanol–water partition coefficient (Wildman–Crippen LogP) is 4.10. The summed E-state index contributed by atoms with van der Waals surface area (Å²) >= 11 is 0. The van der Waals surface area contributed by atoms with E-state index >= 15 is 0 Å². The van der Waals surface area contributed by atoms with Gasteiger partial charge in [0.05, 0.1) is 13.2 Å². The lowest BCUT2D eigenvalue weighted by Crippen LogP contribution is -2.10. The highest BCUT2D eigenvalue weighted by Gasteiger charge is 2.18. The zero-order valence-electron chi connectivity index (χ0n) is 14.0. The summed E-state index contributed by atoms with van der Waals surface area (Å²) in [6.07, 6.45) is 1.81. The molecule has 2 N–H and O–H groups in total. The van der Waals surface area contributed by atoms with Crippen molar-refractivity contribution in [2.24, 2.45) is 5.73 Å². The third-order valence-electron chi connectivity index (χ3n) is 3.77. The van der Waals surface area contributed by atoms with E-state index in [2.05, 4.69) is 5.73 Å². The van der Waals surface area contributed by atoms with Crippen LogP contribution in [0, 0.1) is 12.7 Å². The zero-order valence-corrected chi connectivity index (χ0v) is 14.0. The Morgan fingerprint density at radius 1 is 1.17 bits per heavy atom. The van der Waals surface area contributed by atoms with Gasteiger partial charge in [0.2, 0.25) is 0 Å². The molecule has 0 saturated heterocycles. The first-order valence-corrected chi connectivity index (χ1v) is 7.96. The molecule has 1 aliphatic rings. The molecule has 0 radical (unpaired) electrons. The molecule has 1 aliphatic heterocycles. The van der Waals surface area contributed by atoms with Gasteiger partial charge in [-0.25, -0.2) is 4.39 Å². The highest BCUT2D eigenvalue weighted by molar-refractivity contribution is 5.75. The molecule has 4 heteroatoms. The Bertz CT molecular complexity index is 671. The van der Waals surface area contributed by atoms with Gasteiger partial charge in [0.25, 0.3) is 0 Å². The Labute approximate surface area is 137 Å². The second-order valence-electron chi connectivity index (χ2n) is 5.30. The largest absolute Gasteiger partial charge is 0.494 e. The van der Waals surface area contributed by atoms with Crippen molar-refractivity contribution in [3.63, 3.8) is 0 Å². The number of benzene rings is 2. The number of nitrogens with two attached hydrogens (primary N) is 1. The van der Waals surface area contributed by atoms with Gasteiger partial charge in [-0.15, -0.1) is 0 Å². The first kappa shape index (κ1) is 17.3. The molecule has 0 unspecified atom stereocenters. The molecule has 0 bridgehead atoms. The third kappa shape index (κ3) is 3.82. The Morgan fingerprint density at radius 2 is 1.96 bits per heavy atom. The molecule has 1 heterocycles. The highest BCUT2D eigenvalue weighted by atomic mass is 19.1. The second-order valence-corrected chi connectivity index (χ2v) is 5.30. The van der Waals surface area contributed by atoms with E-state index in [1.165, 1.54) is 7.05 Å². The molecule has 0 atom stereocenters. The second kappa shape index (κ2) is 7.97. The number of ether oxygens (including phenoxy) is 2. The van der Waals surface area contributed by atoms with Crippen molar-refractivity contribution in [2.75, 3.05) is 20.3 Å². The number of fused-ring (bicyclic) bond motifs is 1. The summed E-state index contributed by atoms with van der Waals surface area (Å²) in [7, 11) is 1.50. The van der Waals surface area contributed by atoms with Crippen LogP contribution < -0.4 is 15.2 Å². The maximum atomic E-state index is 13.9. The monoisotopic (exact) mass is 317 g/mol. The van der Waals surface area contributed by atoms with Crippen LogP contribution in [0.15, 0.2) is 30.3 Å². The van der Waals surface area contributed by atoms with Crippen molar-refractivity contribution in [1.29, 1.82) is 0 Å². The normalized spacial score (nSPS) is 12.6. The van der Waals surface area contributed by atoms with Crippen molar-refractivity contribution in [1.82, 2.24) is 0 Å². The standard InChI is InChI=1S/C18H19FO2.CH5N/c1-3-20-15-6-7-16(12(2)9-15)17-11-14(19)10-13-5-4-8-21-18(13)17;1-2/h6-7,9-11H,3-5,8H2,1-2H3;2H2,1H3. The topological polar surface area (TPSA) is 44.5 Å². The molecule has 0 fully saturated rings. The zero-order chi connectivity index (χ0) is 16.8. The molecular formula is C19H24FNO2. The van der Waals surface area contributed by atoms with Gasteiger partial charge in [-0.05, 0) is 74.7 Å². The van der Waals surface area contributed by atoms with Crippen LogP contribution in [0.4, 0.5) is 4.39 Å². The Balaban J connectivity index is 0.000000924. The van der Waals surface area contributed by atoms with Crippen LogP contribution in [-0.2, 0) is 6.42 Å². The van der Waals surface area contributed by atoms with Crippen molar-refractivity contribution in [3.05, 3.63) is 47.3 Å². The molecule has 3 rings (SSSR count). The van der Waals surface area contributed by atoms with E-state index < -0.39 is 0 Å². The molecule has 0 spiro atoms. The molecule has 23 heavy (non-hydrogen) atoms. The van der Waals surface area contributed by atoms with E-state index in [4.69, 9.17) is 9.47 Å². The minimum absolute atomic E-state index is 0.206. The third-order valence-corrected chi connectivity index (χ3v) is 3.77. The van der Waals surface area contributed by atoms with Gasteiger partial charge in [-0.2, -0.15) is 0 Å². The number of hydrogen-bond donors (Lipinski definition) is 1. The van der Waals surface area contributed by atoms with Crippen LogP contribution in [0.3, 0.4) is 0 Å². The van der Waals surface area contributed by atoms with Crippen molar-refractivity contribution in [2.45, 2.75) is 26.7 Å². The van der Waals surface area contributed by atoms with Crippen LogP contribution in [0.25, 0.3) is 11.1 Å². The van der Waals surface area contributed by atoms with Crippen LogP contribution in [0.1, 0.15) is 24.5 Å². The summed E-state index contributed by atoms with van der Waals surface area (Å²) in [5.74, 6) is 1.46. The average Bonchev–Trinajstić information content (AvgIpc) is 2.56. The summed E-state index contributed by atoms with van der Waals surface area (Å²) in [6.45, 7) is 5.30. The summed E-state index contributed by atoms with van der Waals surface area (Å²) in [5.41, 5.74) is 8.36. The summed E-state index contributed by atoms with van der Waals surface area (Å²) in [6, 6.07) is 9.03. The lowest BCUT2D eigenvalue weighted by atomic mass is 9.94. The highest BCUT2D eigenvalue weighted by Crippen LogP contribution is 2.39. The van der Waals surface area contributed by atoms with Gasteiger partial charge in [-0.3, -0.25) is 0 Å². The predicted molar refractivity (Wildman–Crippen MR) is 91.7 cm³/mol. The van der Waals surface area contributed by atoms with Crippen molar-refractivity contribution in [3.8, 4) is 22.6 Å². The molecule has 0 amide bonds. The minimum Gasteiger partial charge on any atom is -0.494 e. The number of hydrogen-bond acceptors (Lipinski definition) is 3. The van der Waals surface area contributed by atoms with Crippen LogP contribution in [0.2, 0.25) is 0 Å². The summed E-state index contributed by atoms with van der Waals surface area (Å²) in [5, 5.41) is 0. The SMILES string of the molecule is CCOc1ccc(-c2cc(F)cc3c2OCCC3)c(C)c1.CN. The molecular weight excluding hydrogens is 293 g/mol. The van der Waals surface area contributed by atoms with Gasteiger partial charge in [0, 0.05) is 5.56 Å². The van der Waals surface area contributed by atoms with Crippen LogP contribution in [-0.4, -0.2) is 20.3 Å². The Morgan fingerprint density at radius 3 is 2.65 bits per heavy atom. The number of halogens is 1. The summed E-state index contributed by atoms with van der Waals surface area (Å²) < 4.78 is 25.2. The Hall–Kier alpha value is -2.07. The molecule has 3 nitrogen and oxygen atoms in total. The molecule has 0 aliphatic carbocycles. The fraction of sp³-hybridized carbons (Fsp3) is 0.368. The van der Waals surface area contributed by atoms with Gasteiger partial charge >= 0.3 is 0 Å². The van der Waals surface area contributed by atoms with Gasteiger partial charge in [0.15, 0.2) is 0 Å². The molecule has 0 aromatic heterocycles.